The van der Waals surface area contributed by atoms with Crippen LogP contribution in [0.5, 0.6) is 5.75 Å². The highest BCUT2D eigenvalue weighted by Crippen LogP contribution is 2.39. The molecule has 1 aromatic carbocycles. The fourth-order valence-electron chi connectivity index (χ4n) is 4.58. The molecule has 2 rings (SSSR count). The number of methoxy groups -OCH3 is 1. The van der Waals surface area contributed by atoms with E-state index >= 15 is 0 Å². The molecule has 210 valence electrons. The van der Waals surface area contributed by atoms with Crippen molar-refractivity contribution in [1.82, 2.24) is 4.90 Å². The molecule has 4 nitrogen and oxygen atoms in total. The summed E-state index contributed by atoms with van der Waals surface area (Å²) < 4.78 is 11.8. The van der Waals surface area contributed by atoms with Gasteiger partial charge in [-0.2, -0.15) is 0 Å². The van der Waals surface area contributed by atoms with Gasteiger partial charge in [0.2, 0.25) is 0 Å². The number of nitrogens with zero attached hydrogens (tertiary/aromatic N) is 1. The number of aliphatic hydroxyl groups excluding tert-OH is 1. The van der Waals surface area contributed by atoms with Crippen LogP contribution in [0.25, 0.3) is 0 Å². The molecule has 1 saturated heterocycles. The summed E-state index contributed by atoms with van der Waals surface area (Å²) >= 11 is 0. The number of benzene rings is 1. The number of unbranched alkanes of at least 4 members (excludes halogenated alkanes) is 10. The highest BCUT2D eigenvalue weighted by Gasteiger charge is 2.52. The molecule has 1 aliphatic rings. The molecular weight excluding hydrogens is 474 g/mol. The van der Waals surface area contributed by atoms with Crippen molar-refractivity contribution >= 4 is 8.32 Å². The minimum Gasteiger partial charge on any atom is -0.497 e. The number of ether oxygens (including phenoxy) is 1. The zero-order valence-electron chi connectivity index (χ0n) is 24.9. The third kappa shape index (κ3) is 11.1. The van der Waals surface area contributed by atoms with E-state index < -0.39 is 14.4 Å². The van der Waals surface area contributed by atoms with Gasteiger partial charge in [0.15, 0.2) is 8.32 Å². The first kappa shape index (κ1) is 31.9. The molecule has 5 heteroatoms. The Kier molecular flexibility index (Phi) is 13.7. The Balaban J connectivity index is 1.81. The van der Waals surface area contributed by atoms with Crippen molar-refractivity contribution in [2.45, 2.75) is 141 Å². The number of rotatable bonds is 17. The maximum Gasteiger partial charge on any atom is 0.192 e. The topological polar surface area (TPSA) is 41.7 Å². The quantitative estimate of drug-likeness (QED) is 0.0962. The van der Waals surface area contributed by atoms with E-state index in [1.54, 1.807) is 7.11 Å². The standard InChI is InChI=1S/C32H55NO3Si/c1-8-9-10-11-12-13-14-15-16-17-18-19-20-30(34)31-29(26-36-37(6,7)32(2,3)4)33(31)25-27-21-23-28(35-5)24-22-27/h21-24,29-31,34H,8-18,25-26H2,1-7H3/t29-,30+,31-,33?/m0/s1. The Morgan fingerprint density at radius 2 is 1.51 bits per heavy atom. The molecule has 0 aliphatic carbocycles. The van der Waals surface area contributed by atoms with Gasteiger partial charge in [0, 0.05) is 13.0 Å². The Morgan fingerprint density at radius 1 is 0.946 bits per heavy atom. The summed E-state index contributed by atoms with van der Waals surface area (Å²) in [5, 5.41) is 11.1. The second-order valence-electron chi connectivity index (χ2n) is 12.3. The average molecular weight is 530 g/mol. The lowest BCUT2D eigenvalue weighted by atomic mass is 10.1. The number of hydrogen-bond acceptors (Lipinski definition) is 4. The third-order valence-electron chi connectivity index (χ3n) is 8.29. The van der Waals surface area contributed by atoms with Crippen LogP contribution in [0.3, 0.4) is 0 Å². The first-order chi connectivity index (χ1) is 17.6. The summed E-state index contributed by atoms with van der Waals surface area (Å²) in [6.07, 6.45) is 13.5. The molecule has 4 atom stereocenters. The predicted octanol–water partition coefficient (Wildman–Crippen LogP) is 7.95. The van der Waals surface area contributed by atoms with Gasteiger partial charge in [-0.05, 0) is 42.2 Å². The van der Waals surface area contributed by atoms with Crippen LogP contribution in [0, 0.1) is 11.8 Å². The van der Waals surface area contributed by atoms with E-state index in [0.29, 0.717) is 6.61 Å². The Bertz CT molecular complexity index is 821. The fraction of sp³-hybridized carbons (Fsp3) is 0.750. The molecule has 0 aromatic heterocycles. The van der Waals surface area contributed by atoms with Crippen LogP contribution in [0.4, 0.5) is 0 Å². The van der Waals surface area contributed by atoms with Gasteiger partial charge in [-0.1, -0.05) is 104 Å². The maximum absolute atomic E-state index is 11.0. The van der Waals surface area contributed by atoms with E-state index in [0.717, 1.165) is 25.1 Å². The molecule has 0 radical (unpaired) electrons. The average Bonchev–Trinajstić information content (AvgIpc) is 3.55. The number of aliphatic hydroxyl groups is 1. The molecule has 1 heterocycles. The van der Waals surface area contributed by atoms with Crippen molar-refractivity contribution in [3.63, 3.8) is 0 Å². The van der Waals surface area contributed by atoms with Crippen LogP contribution in [0.15, 0.2) is 24.3 Å². The molecule has 1 aliphatic heterocycles. The fourth-order valence-corrected chi connectivity index (χ4v) is 5.60. The van der Waals surface area contributed by atoms with E-state index in [1.165, 1.54) is 63.4 Å². The Morgan fingerprint density at radius 3 is 2.05 bits per heavy atom. The second kappa shape index (κ2) is 15.9. The first-order valence-corrected chi connectivity index (χ1v) is 17.7. The largest absolute Gasteiger partial charge is 0.497 e. The van der Waals surface area contributed by atoms with Crippen LogP contribution in [0.1, 0.15) is 104 Å². The summed E-state index contributed by atoms with van der Waals surface area (Å²) in [5.41, 5.74) is 1.21. The van der Waals surface area contributed by atoms with Crippen molar-refractivity contribution in [3.8, 4) is 17.6 Å². The smallest absolute Gasteiger partial charge is 0.192 e. The molecule has 0 saturated carbocycles. The van der Waals surface area contributed by atoms with Crippen molar-refractivity contribution in [2.75, 3.05) is 13.7 Å². The van der Waals surface area contributed by atoms with Gasteiger partial charge < -0.3 is 14.3 Å². The lowest BCUT2D eigenvalue weighted by Crippen LogP contribution is -2.42. The molecule has 0 bridgehead atoms. The zero-order valence-corrected chi connectivity index (χ0v) is 25.9. The summed E-state index contributed by atoms with van der Waals surface area (Å²) in [6.45, 7) is 15.1. The SMILES string of the molecule is CCCCCCCCCCCCC#C[C@@H](O)[C@@H]1[C@H](CO[Si](C)(C)C(C)(C)C)N1Cc1ccc(OC)cc1. The summed E-state index contributed by atoms with van der Waals surface area (Å²) in [4.78, 5) is 2.34. The minimum absolute atomic E-state index is 0.0343. The minimum atomic E-state index is -1.85. The normalized spacial score (nSPS) is 20.3. The van der Waals surface area contributed by atoms with Crippen LogP contribution in [0.2, 0.25) is 18.1 Å². The molecule has 37 heavy (non-hydrogen) atoms. The monoisotopic (exact) mass is 529 g/mol. The molecule has 1 fully saturated rings. The lowest BCUT2D eigenvalue weighted by Gasteiger charge is -2.36. The first-order valence-electron chi connectivity index (χ1n) is 14.8. The van der Waals surface area contributed by atoms with E-state index in [4.69, 9.17) is 9.16 Å². The summed E-state index contributed by atoms with van der Waals surface area (Å²) in [5.74, 6) is 7.30. The van der Waals surface area contributed by atoms with Gasteiger partial charge in [-0.15, -0.1) is 5.92 Å². The summed E-state index contributed by atoms with van der Waals surface area (Å²) in [7, 11) is -0.157. The molecule has 1 aromatic rings. The van der Waals surface area contributed by atoms with Gasteiger partial charge in [0.1, 0.15) is 11.9 Å². The molecule has 0 spiro atoms. The predicted molar refractivity (Wildman–Crippen MR) is 160 cm³/mol. The van der Waals surface area contributed by atoms with Crippen molar-refractivity contribution < 1.29 is 14.3 Å². The van der Waals surface area contributed by atoms with Crippen molar-refractivity contribution in [3.05, 3.63) is 29.8 Å². The van der Waals surface area contributed by atoms with E-state index in [1.807, 2.05) is 12.1 Å². The highest BCUT2D eigenvalue weighted by atomic mass is 28.4. The molecule has 1 N–H and O–H groups in total. The van der Waals surface area contributed by atoms with Crippen LogP contribution >= 0.6 is 0 Å². The van der Waals surface area contributed by atoms with Crippen LogP contribution < -0.4 is 4.74 Å². The van der Waals surface area contributed by atoms with Gasteiger partial charge in [-0.25, -0.2) is 0 Å². The van der Waals surface area contributed by atoms with Gasteiger partial charge in [-0.3, -0.25) is 4.90 Å². The zero-order chi connectivity index (χ0) is 27.3. The highest BCUT2D eigenvalue weighted by molar-refractivity contribution is 6.74. The maximum atomic E-state index is 11.0. The van der Waals surface area contributed by atoms with Gasteiger partial charge in [0.25, 0.3) is 0 Å². The molecule has 0 amide bonds. The Hall–Kier alpha value is -1.32. The van der Waals surface area contributed by atoms with Crippen molar-refractivity contribution in [1.29, 1.82) is 0 Å². The van der Waals surface area contributed by atoms with Crippen LogP contribution in [-0.2, 0) is 11.0 Å². The third-order valence-corrected chi connectivity index (χ3v) is 12.8. The number of hydrogen-bond donors (Lipinski definition) is 1. The molecule has 1 unspecified atom stereocenters. The van der Waals surface area contributed by atoms with Crippen molar-refractivity contribution in [2.24, 2.45) is 0 Å². The summed E-state index contributed by atoms with van der Waals surface area (Å²) in [6, 6.07) is 8.44. The molecular formula is C32H55NO3Si. The second-order valence-corrected chi connectivity index (χ2v) is 17.2. The van der Waals surface area contributed by atoms with E-state index in [9.17, 15) is 5.11 Å². The lowest BCUT2D eigenvalue weighted by molar-refractivity contribution is 0.208. The van der Waals surface area contributed by atoms with Gasteiger partial charge in [0.05, 0.1) is 25.8 Å². The van der Waals surface area contributed by atoms with Gasteiger partial charge >= 0.3 is 0 Å². The van der Waals surface area contributed by atoms with E-state index in [2.05, 4.69) is 69.7 Å². The van der Waals surface area contributed by atoms with E-state index in [-0.39, 0.29) is 17.1 Å². The Labute approximate surface area is 229 Å². The van der Waals surface area contributed by atoms with Crippen LogP contribution in [-0.4, -0.2) is 50.2 Å².